The molecule has 0 bridgehead atoms. The summed E-state index contributed by atoms with van der Waals surface area (Å²) in [4.78, 5) is 1.72. The number of nitrogens with zero attached hydrogens (tertiary/aromatic N) is 1. The lowest BCUT2D eigenvalue weighted by Crippen LogP contribution is -2.13. The lowest BCUT2D eigenvalue weighted by Gasteiger charge is -2.22. The highest BCUT2D eigenvalue weighted by atomic mass is 35.5. The van der Waals surface area contributed by atoms with Gasteiger partial charge in [-0.1, -0.05) is 18.2 Å². The highest BCUT2D eigenvalue weighted by molar-refractivity contribution is 6.17. The van der Waals surface area contributed by atoms with Crippen LogP contribution in [0.1, 0.15) is 16.7 Å². The molecule has 0 heterocycles. The highest BCUT2D eigenvalue weighted by Crippen LogP contribution is 2.36. The molecule has 2 aromatic rings. The Labute approximate surface area is 127 Å². The minimum atomic E-state index is -4.41. The van der Waals surface area contributed by atoms with E-state index in [-0.39, 0.29) is 11.4 Å². The second-order valence-corrected chi connectivity index (χ2v) is 5.14. The summed E-state index contributed by atoms with van der Waals surface area (Å²) in [5, 5.41) is 0. The van der Waals surface area contributed by atoms with Crippen LogP contribution in [-0.4, -0.2) is 7.05 Å². The van der Waals surface area contributed by atoms with Gasteiger partial charge in [0, 0.05) is 24.3 Å². The molecule has 2 aromatic carbocycles. The van der Waals surface area contributed by atoms with Crippen LogP contribution in [0.5, 0.6) is 0 Å². The number of alkyl halides is 4. The third kappa shape index (κ3) is 3.50. The van der Waals surface area contributed by atoms with E-state index < -0.39 is 11.7 Å². The number of aryl methyl sites for hydroxylation is 1. The van der Waals surface area contributed by atoms with Gasteiger partial charge in [0.2, 0.25) is 0 Å². The Morgan fingerprint density at radius 2 is 1.71 bits per heavy atom. The fraction of sp³-hybridized carbons (Fsp3) is 0.250. The van der Waals surface area contributed by atoms with Crippen LogP contribution in [0.25, 0.3) is 0 Å². The summed E-state index contributed by atoms with van der Waals surface area (Å²) in [5.74, 6) is -0.163. The van der Waals surface area contributed by atoms with Gasteiger partial charge < -0.3 is 4.90 Å². The SMILES string of the molecule is Cc1cccc(N(C)c2ccc(CCl)c(C(F)(F)F)c2)c1. The number of hydrogen-bond acceptors (Lipinski definition) is 1. The van der Waals surface area contributed by atoms with E-state index in [0.717, 1.165) is 17.3 Å². The first kappa shape index (κ1) is 15.7. The van der Waals surface area contributed by atoms with Gasteiger partial charge in [0.05, 0.1) is 5.56 Å². The van der Waals surface area contributed by atoms with E-state index >= 15 is 0 Å². The molecule has 0 fully saturated rings. The largest absolute Gasteiger partial charge is 0.416 e. The molecule has 0 aromatic heterocycles. The molecule has 0 radical (unpaired) electrons. The molecule has 0 aliphatic carbocycles. The summed E-state index contributed by atoms with van der Waals surface area (Å²) < 4.78 is 39.2. The number of benzene rings is 2. The van der Waals surface area contributed by atoms with Gasteiger partial charge >= 0.3 is 6.18 Å². The van der Waals surface area contributed by atoms with E-state index in [1.807, 2.05) is 31.2 Å². The molecule has 0 amide bonds. The zero-order chi connectivity index (χ0) is 15.6. The van der Waals surface area contributed by atoms with Crippen LogP contribution in [0.2, 0.25) is 0 Å². The molecule has 2 rings (SSSR count). The third-order valence-corrected chi connectivity index (χ3v) is 3.61. The average Bonchev–Trinajstić information content (AvgIpc) is 2.45. The third-order valence-electron chi connectivity index (χ3n) is 3.32. The minimum Gasteiger partial charge on any atom is -0.345 e. The number of hydrogen-bond donors (Lipinski definition) is 0. The fourth-order valence-corrected chi connectivity index (χ4v) is 2.37. The van der Waals surface area contributed by atoms with Crippen molar-refractivity contribution in [2.75, 3.05) is 11.9 Å². The minimum absolute atomic E-state index is 0.0885. The summed E-state index contributed by atoms with van der Waals surface area (Å²) in [6.07, 6.45) is -4.41. The first-order valence-corrected chi connectivity index (χ1v) is 6.93. The molecular weight excluding hydrogens is 299 g/mol. The molecule has 1 nitrogen and oxygen atoms in total. The smallest absolute Gasteiger partial charge is 0.345 e. The van der Waals surface area contributed by atoms with Crippen LogP contribution in [-0.2, 0) is 12.1 Å². The van der Waals surface area contributed by atoms with E-state index in [4.69, 9.17) is 11.6 Å². The van der Waals surface area contributed by atoms with Crippen molar-refractivity contribution >= 4 is 23.0 Å². The van der Waals surface area contributed by atoms with E-state index in [9.17, 15) is 13.2 Å². The van der Waals surface area contributed by atoms with Crippen molar-refractivity contribution in [2.24, 2.45) is 0 Å². The fourth-order valence-electron chi connectivity index (χ4n) is 2.14. The van der Waals surface area contributed by atoms with Crippen molar-refractivity contribution in [3.8, 4) is 0 Å². The lowest BCUT2D eigenvalue weighted by molar-refractivity contribution is -0.138. The van der Waals surface area contributed by atoms with Crippen molar-refractivity contribution in [1.29, 1.82) is 0 Å². The molecule has 0 saturated carbocycles. The first-order chi connectivity index (χ1) is 9.82. The summed E-state index contributed by atoms with van der Waals surface area (Å²) in [7, 11) is 1.74. The van der Waals surface area contributed by atoms with Crippen LogP contribution in [0, 0.1) is 6.92 Å². The molecule has 112 valence electrons. The van der Waals surface area contributed by atoms with Crippen LogP contribution < -0.4 is 4.90 Å². The second kappa shape index (κ2) is 5.98. The first-order valence-electron chi connectivity index (χ1n) is 6.39. The quantitative estimate of drug-likeness (QED) is 0.674. The van der Waals surface area contributed by atoms with Crippen LogP contribution in [0.3, 0.4) is 0 Å². The molecule has 0 aliphatic heterocycles. The molecule has 0 saturated heterocycles. The monoisotopic (exact) mass is 313 g/mol. The van der Waals surface area contributed by atoms with Gasteiger partial charge in [0.25, 0.3) is 0 Å². The molecule has 21 heavy (non-hydrogen) atoms. The van der Waals surface area contributed by atoms with Crippen molar-refractivity contribution in [3.63, 3.8) is 0 Å². The van der Waals surface area contributed by atoms with E-state index in [0.29, 0.717) is 5.69 Å². The number of rotatable bonds is 3. The summed E-state index contributed by atoms with van der Waals surface area (Å²) in [5.41, 5.74) is 1.76. The maximum atomic E-state index is 13.1. The predicted molar refractivity (Wildman–Crippen MR) is 80.2 cm³/mol. The van der Waals surface area contributed by atoms with Gasteiger partial charge in [-0.3, -0.25) is 0 Å². The standard InChI is InChI=1S/C16H15ClF3N/c1-11-4-3-5-13(8-11)21(2)14-7-6-12(10-17)15(9-14)16(18,19)20/h3-9H,10H2,1-2H3. The van der Waals surface area contributed by atoms with Gasteiger partial charge in [-0.15, -0.1) is 11.6 Å². The zero-order valence-electron chi connectivity index (χ0n) is 11.7. The topological polar surface area (TPSA) is 3.24 Å². The zero-order valence-corrected chi connectivity index (χ0v) is 12.5. The van der Waals surface area contributed by atoms with Crippen LogP contribution in [0.4, 0.5) is 24.5 Å². The van der Waals surface area contributed by atoms with Gasteiger partial charge in [-0.05, 0) is 42.3 Å². The van der Waals surface area contributed by atoms with Gasteiger partial charge in [-0.25, -0.2) is 0 Å². The predicted octanol–water partition coefficient (Wildman–Crippen LogP) is 5.52. The summed E-state index contributed by atoms with van der Waals surface area (Å²) in [6.45, 7) is 1.94. The molecule has 0 spiro atoms. The average molecular weight is 314 g/mol. The Kier molecular flexibility index (Phi) is 4.47. The normalized spacial score (nSPS) is 11.5. The Bertz CT molecular complexity index is 638. The van der Waals surface area contributed by atoms with Gasteiger partial charge in [-0.2, -0.15) is 13.2 Å². The van der Waals surface area contributed by atoms with Gasteiger partial charge in [0.1, 0.15) is 0 Å². The molecule has 0 atom stereocenters. The van der Waals surface area contributed by atoms with E-state index in [1.165, 1.54) is 6.07 Å². The van der Waals surface area contributed by atoms with E-state index in [1.54, 1.807) is 18.0 Å². The number of anilines is 2. The number of halogens is 4. The Morgan fingerprint density at radius 3 is 2.29 bits per heavy atom. The molecule has 0 N–H and O–H groups in total. The molecule has 0 unspecified atom stereocenters. The summed E-state index contributed by atoms with van der Waals surface area (Å²) in [6, 6.07) is 11.8. The van der Waals surface area contributed by atoms with Crippen molar-refractivity contribution in [2.45, 2.75) is 19.0 Å². The Hall–Kier alpha value is -1.68. The maximum Gasteiger partial charge on any atom is 0.416 e. The van der Waals surface area contributed by atoms with Crippen molar-refractivity contribution in [3.05, 3.63) is 59.2 Å². The Balaban J connectivity index is 2.45. The molecule has 0 aliphatic rings. The van der Waals surface area contributed by atoms with E-state index in [2.05, 4.69) is 0 Å². The lowest BCUT2D eigenvalue weighted by atomic mass is 10.1. The van der Waals surface area contributed by atoms with Crippen molar-refractivity contribution in [1.82, 2.24) is 0 Å². The highest BCUT2D eigenvalue weighted by Gasteiger charge is 2.33. The second-order valence-electron chi connectivity index (χ2n) is 4.87. The van der Waals surface area contributed by atoms with Gasteiger partial charge in [0.15, 0.2) is 0 Å². The van der Waals surface area contributed by atoms with Crippen molar-refractivity contribution < 1.29 is 13.2 Å². The molecular formula is C16H15ClF3N. The van der Waals surface area contributed by atoms with Crippen LogP contribution >= 0.6 is 11.6 Å². The maximum absolute atomic E-state index is 13.1. The van der Waals surface area contributed by atoms with Crippen LogP contribution in [0.15, 0.2) is 42.5 Å². The molecule has 5 heteroatoms. The summed E-state index contributed by atoms with van der Waals surface area (Å²) >= 11 is 5.59. The Morgan fingerprint density at radius 1 is 1.05 bits per heavy atom.